The number of hydrogen-bond donors (Lipinski definition) is 2. The molecule has 0 saturated carbocycles. The fraction of sp³-hybridized carbons (Fsp3) is 0.622. The Bertz CT molecular complexity index is 1290. The molecule has 1 aromatic rings. The maximum Gasteiger partial charge on any atom is 0.313 e. The van der Waals surface area contributed by atoms with Gasteiger partial charge in [0.25, 0.3) is 0 Å². The summed E-state index contributed by atoms with van der Waals surface area (Å²) in [5.41, 5.74) is -0.495. The number of ether oxygens (including phenoxy) is 2. The lowest BCUT2D eigenvalue weighted by molar-refractivity contribution is -0.162. The molecule has 3 aliphatic rings. The maximum atomic E-state index is 14.5. The first-order valence-electron chi connectivity index (χ1n) is 17.4. The maximum absolute atomic E-state index is 14.5. The number of carbonyl (C=O) groups is 4. The fourth-order valence-electron chi connectivity index (χ4n) is 7.60. The predicted molar refractivity (Wildman–Crippen MR) is 187 cm³/mol. The zero-order valence-corrected chi connectivity index (χ0v) is 29.9. The number of amides is 3. The predicted octanol–water partition coefficient (Wildman–Crippen LogP) is 4.86. The lowest BCUT2D eigenvalue weighted by atomic mass is 9.70. The van der Waals surface area contributed by atoms with Crippen molar-refractivity contribution in [1.82, 2.24) is 15.1 Å². The number of carbonyl (C=O) groups excluding carboxylic acids is 4. The van der Waals surface area contributed by atoms with Crippen LogP contribution in [0.1, 0.15) is 83.3 Å². The van der Waals surface area contributed by atoms with Crippen molar-refractivity contribution in [1.29, 1.82) is 0 Å². The minimum absolute atomic E-state index is 0.0487. The molecular weight excluding hydrogens is 678 g/mol. The summed E-state index contributed by atoms with van der Waals surface area (Å²) in [6.07, 6.45) is 7.75. The number of hydrogen-bond acceptors (Lipinski definition) is 7. The van der Waals surface area contributed by atoms with E-state index in [1.54, 1.807) is 28.9 Å². The summed E-state index contributed by atoms with van der Waals surface area (Å²) in [5.74, 6) is -3.10. The average Bonchev–Trinajstić information content (AvgIpc) is 3.67. The number of alkyl halides is 1. The van der Waals surface area contributed by atoms with Gasteiger partial charge in [-0.25, -0.2) is 0 Å². The van der Waals surface area contributed by atoms with Crippen molar-refractivity contribution in [2.75, 3.05) is 26.2 Å². The number of fused-ring (bicyclic) bond motifs is 1. The van der Waals surface area contributed by atoms with Gasteiger partial charge in [0.15, 0.2) is 0 Å². The lowest BCUT2D eigenvalue weighted by Gasteiger charge is -2.37. The Morgan fingerprint density at radius 1 is 1.17 bits per heavy atom. The molecule has 8 atom stereocenters. The molecule has 0 aliphatic carbocycles. The highest BCUT2D eigenvalue weighted by atomic mass is 79.9. The van der Waals surface area contributed by atoms with Crippen LogP contribution in [0.5, 0.6) is 0 Å². The number of halogens is 1. The van der Waals surface area contributed by atoms with E-state index in [1.165, 1.54) is 0 Å². The van der Waals surface area contributed by atoms with Gasteiger partial charge in [-0.15, -0.1) is 13.2 Å². The van der Waals surface area contributed by atoms with Gasteiger partial charge in [0.05, 0.1) is 24.0 Å². The molecule has 48 heavy (non-hydrogen) atoms. The molecule has 1 aromatic carbocycles. The van der Waals surface area contributed by atoms with Gasteiger partial charge in [0.2, 0.25) is 17.7 Å². The van der Waals surface area contributed by atoms with Gasteiger partial charge in [-0.1, -0.05) is 78.2 Å². The largest absolute Gasteiger partial charge is 0.455 e. The van der Waals surface area contributed by atoms with E-state index in [-0.39, 0.29) is 35.6 Å². The highest BCUT2D eigenvalue weighted by molar-refractivity contribution is 9.09. The van der Waals surface area contributed by atoms with Crippen molar-refractivity contribution in [3.63, 3.8) is 0 Å². The van der Waals surface area contributed by atoms with Gasteiger partial charge in [-0.05, 0) is 51.0 Å². The van der Waals surface area contributed by atoms with Crippen LogP contribution in [-0.4, -0.2) is 93.5 Å². The summed E-state index contributed by atoms with van der Waals surface area (Å²) in [4.78, 5) is 59.1. The highest BCUT2D eigenvalue weighted by Gasteiger charge is 2.77. The van der Waals surface area contributed by atoms with Crippen molar-refractivity contribution in [2.45, 2.75) is 106 Å². The molecule has 3 saturated heterocycles. The zero-order valence-electron chi connectivity index (χ0n) is 28.4. The number of nitrogens with zero attached hydrogens (tertiary/aromatic N) is 2. The Balaban J connectivity index is 1.66. The second-order valence-electron chi connectivity index (χ2n) is 13.2. The smallest absolute Gasteiger partial charge is 0.313 e. The van der Waals surface area contributed by atoms with Crippen LogP contribution >= 0.6 is 15.9 Å². The van der Waals surface area contributed by atoms with E-state index in [0.29, 0.717) is 57.3 Å². The molecule has 2 bridgehead atoms. The number of aliphatic hydroxyl groups is 1. The van der Waals surface area contributed by atoms with Gasteiger partial charge < -0.3 is 29.7 Å². The molecule has 3 aliphatic heterocycles. The Kier molecular flexibility index (Phi) is 13.8. The summed E-state index contributed by atoms with van der Waals surface area (Å²) < 4.78 is 13.0. The van der Waals surface area contributed by atoms with Crippen molar-refractivity contribution < 1.29 is 33.8 Å². The van der Waals surface area contributed by atoms with E-state index in [1.807, 2.05) is 30.3 Å². The van der Waals surface area contributed by atoms with Gasteiger partial charge >= 0.3 is 5.97 Å². The van der Waals surface area contributed by atoms with Crippen molar-refractivity contribution in [2.24, 2.45) is 11.8 Å². The molecule has 1 unspecified atom stereocenters. The molecule has 1 spiro atoms. The molecular formula is C37H52BrN3O7. The number of rotatable bonds is 20. The van der Waals surface area contributed by atoms with E-state index >= 15 is 0 Å². The number of likely N-dealkylation sites (tertiary alicyclic amines) is 1. The van der Waals surface area contributed by atoms with Crippen LogP contribution in [0.15, 0.2) is 55.6 Å². The number of aliphatic hydroxyl groups excluding tert-OH is 1. The van der Waals surface area contributed by atoms with E-state index in [0.717, 1.165) is 19.3 Å². The average molecular weight is 731 g/mol. The van der Waals surface area contributed by atoms with Crippen LogP contribution < -0.4 is 5.32 Å². The van der Waals surface area contributed by atoms with Crippen molar-refractivity contribution in [3.05, 3.63) is 61.2 Å². The third-order valence-corrected chi connectivity index (χ3v) is 10.7. The van der Waals surface area contributed by atoms with Crippen LogP contribution in [0, 0.1) is 11.8 Å². The molecule has 2 N–H and O–H groups in total. The van der Waals surface area contributed by atoms with Gasteiger partial charge in [-0.3, -0.25) is 19.2 Å². The quantitative estimate of drug-likeness (QED) is 0.0851. The summed E-state index contributed by atoms with van der Waals surface area (Å²) in [6, 6.07) is 7.76. The Morgan fingerprint density at radius 3 is 2.58 bits per heavy atom. The van der Waals surface area contributed by atoms with Crippen molar-refractivity contribution in [3.8, 4) is 0 Å². The second-order valence-corrected chi connectivity index (χ2v) is 14.4. The molecule has 3 amide bonds. The highest BCUT2D eigenvalue weighted by Crippen LogP contribution is 2.60. The van der Waals surface area contributed by atoms with Gasteiger partial charge in [0, 0.05) is 37.5 Å². The first-order valence-corrected chi connectivity index (χ1v) is 18.3. The van der Waals surface area contributed by atoms with Crippen LogP contribution in [-0.2, 0) is 28.7 Å². The number of esters is 1. The number of nitrogens with one attached hydrogen (secondary N) is 1. The van der Waals surface area contributed by atoms with Gasteiger partial charge in [-0.2, -0.15) is 0 Å². The van der Waals surface area contributed by atoms with Crippen molar-refractivity contribution >= 4 is 39.6 Å². The monoisotopic (exact) mass is 729 g/mol. The molecule has 11 heteroatoms. The van der Waals surface area contributed by atoms with Crippen LogP contribution in [0.3, 0.4) is 0 Å². The standard InChI is InChI=1S/C37H52BrN3O7/c1-5-8-14-21-40(20-7-3)35(45)33-37-24-27(38)32(48-37)29(30(37)34(44)41(33)22-15-11-16-23-42)36(46)47-31(26-17-12-10-13-18-26)25(4)39-28(43)19-9-6-2/h6-7,10,12-13,17-18,25,27,29-33,42H,2-3,5,8-9,11,14-16,19-24H2,1,4H3,(H,39,43)/t25-,27?,29-,30+,31-,32-,33-,37+/m0/s1. The van der Waals surface area contributed by atoms with E-state index in [4.69, 9.17) is 9.47 Å². The first-order chi connectivity index (χ1) is 23.1. The third kappa shape index (κ3) is 8.05. The summed E-state index contributed by atoms with van der Waals surface area (Å²) in [5, 5.41) is 12.3. The Hall–Kier alpha value is -3.02. The number of allylic oxidation sites excluding steroid dienone is 1. The molecule has 0 aromatic heterocycles. The first kappa shape index (κ1) is 37.8. The van der Waals surface area contributed by atoms with Gasteiger partial charge in [0.1, 0.15) is 17.7 Å². The molecule has 3 fully saturated rings. The lowest BCUT2D eigenvalue weighted by Crippen LogP contribution is -2.57. The molecule has 4 rings (SSSR count). The second kappa shape index (κ2) is 17.6. The van der Waals surface area contributed by atoms with Crippen LogP contribution in [0.2, 0.25) is 0 Å². The normalized spacial score (nSPS) is 26.9. The summed E-state index contributed by atoms with van der Waals surface area (Å²) in [6.45, 7) is 12.7. The minimum atomic E-state index is -1.20. The van der Waals surface area contributed by atoms with E-state index < -0.39 is 47.7 Å². The Labute approximate surface area is 293 Å². The summed E-state index contributed by atoms with van der Waals surface area (Å²) >= 11 is 3.74. The summed E-state index contributed by atoms with van der Waals surface area (Å²) in [7, 11) is 0. The molecule has 3 heterocycles. The van der Waals surface area contributed by atoms with Crippen LogP contribution in [0.4, 0.5) is 0 Å². The minimum Gasteiger partial charge on any atom is -0.455 e. The number of unbranched alkanes of at least 4 members (excludes halogenated alkanes) is 4. The fourth-order valence-corrected chi connectivity index (χ4v) is 8.55. The van der Waals surface area contributed by atoms with E-state index in [2.05, 4.69) is 41.3 Å². The van der Waals surface area contributed by atoms with E-state index in [9.17, 15) is 24.3 Å². The molecule has 264 valence electrons. The SMILES string of the molecule is C=CCCC(=O)N[C@@H](C)[C@H](OC(=O)[C@@H]1[C@H]2O[C@@]3(CC2Br)[C@H](C(=O)N(CC=C)CCCCC)N(CCCCCO)C(=O)[C@@H]13)c1ccccc1. The number of benzene rings is 1. The van der Waals surface area contributed by atoms with Crippen LogP contribution in [0.25, 0.3) is 0 Å². The topological polar surface area (TPSA) is 125 Å². The molecule has 10 nitrogen and oxygen atoms in total. The Morgan fingerprint density at radius 2 is 1.92 bits per heavy atom. The zero-order chi connectivity index (χ0) is 34.8. The third-order valence-electron chi connectivity index (χ3n) is 9.83. The molecule has 0 radical (unpaired) electrons.